The van der Waals surface area contributed by atoms with Crippen LogP contribution in [0.3, 0.4) is 0 Å². The van der Waals surface area contributed by atoms with E-state index in [0.29, 0.717) is 0 Å². The molecule has 0 saturated heterocycles. The molecule has 1 rings (SSSR count). The zero-order valence-corrected chi connectivity index (χ0v) is 16.5. The first kappa shape index (κ1) is 23.5. The molecule has 1 saturated carbocycles. The third-order valence-electron chi connectivity index (χ3n) is 4.29. The third kappa shape index (κ3) is 9.98. The van der Waals surface area contributed by atoms with E-state index in [2.05, 4.69) is 10.6 Å². The lowest BCUT2D eigenvalue weighted by molar-refractivity contribution is -0.142. The molecule has 1 aliphatic rings. The summed E-state index contributed by atoms with van der Waals surface area (Å²) in [6, 6.07) is 0. The summed E-state index contributed by atoms with van der Waals surface area (Å²) in [5.41, 5.74) is 0. The first-order valence-electron chi connectivity index (χ1n) is 9.58. The molecule has 0 aromatic carbocycles. The van der Waals surface area contributed by atoms with Crippen LogP contribution in [-0.2, 0) is 28.5 Å². The normalized spacial score (nSPS) is 18.5. The summed E-state index contributed by atoms with van der Waals surface area (Å²) in [7, 11) is 0. The lowest BCUT2D eigenvalue weighted by Gasteiger charge is -2.30. The molecule has 0 heterocycles. The number of nitrogens with one attached hydrogen (secondary N) is 2. The Morgan fingerprint density at radius 1 is 0.714 bits per heavy atom. The van der Waals surface area contributed by atoms with Crippen LogP contribution in [0, 0.1) is 11.8 Å². The maximum Gasteiger partial charge on any atom is 0.407 e. The van der Waals surface area contributed by atoms with E-state index in [1.165, 1.54) is 0 Å². The summed E-state index contributed by atoms with van der Waals surface area (Å²) in [4.78, 5) is 45.8. The number of amides is 2. The number of hydrogen-bond acceptors (Lipinski definition) is 8. The molecule has 2 N–H and O–H groups in total. The molecule has 0 aromatic heterocycles. The average molecular weight is 402 g/mol. The molecule has 28 heavy (non-hydrogen) atoms. The Morgan fingerprint density at radius 2 is 1.11 bits per heavy atom. The first-order valence-corrected chi connectivity index (χ1v) is 9.58. The van der Waals surface area contributed by atoms with Crippen LogP contribution < -0.4 is 10.6 Å². The van der Waals surface area contributed by atoms with Crippen LogP contribution in [0.4, 0.5) is 9.59 Å². The maximum absolute atomic E-state index is 11.7. The molecule has 1 fully saturated rings. The Morgan fingerprint density at radius 3 is 1.46 bits per heavy atom. The predicted octanol–water partition coefficient (Wildman–Crippen LogP) is 1.37. The summed E-state index contributed by atoms with van der Waals surface area (Å²) in [5.74, 6) is -0.950. The van der Waals surface area contributed by atoms with E-state index < -0.39 is 24.1 Å². The zero-order valence-electron chi connectivity index (χ0n) is 16.5. The molecule has 160 valence electrons. The SMILES string of the molecule is CCOC(=O)CNC(=O)OC[C@@H]1CCCC[C@H]1COC(=O)NCC(=O)OCC. The van der Waals surface area contributed by atoms with Crippen molar-refractivity contribution in [3.05, 3.63) is 0 Å². The van der Waals surface area contributed by atoms with Crippen LogP contribution in [0.5, 0.6) is 0 Å². The largest absolute Gasteiger partial charge is 0.465 e. The van der Waals surface area contributed by atoms with Gasteiger partial charge in [-0.3, -0.25) is 9.59 Å². The summed E-state index contributed by atoms with van der Waals surface area (Å²) in [6.07, 6.45) is 2.33. The maximum atomic E-state index is 11.7. The van der Waals surface area contributed by atoms with E-state index in [4.69, 9.17) is 18.9 Å². The molecular weight excluding hydrogens is 372 g/mol. The van der Waals surface area contributed by atoms with Crippen molar-refractivity contribution in [2.45, 2.75) is 39.5 Å². The van der Waals surface area contributed by atoms with Gasteiger partial charge in [-0.2, -0.15) is 0 Å². The van der Waals surface area contributed by atoms with Gasteiger partial charge in [0.15, 0.2) is 0 Å². The molecule has 0 aliphatic heterocycles. The lowest BCUT2D eigenvalue weighted by Crippen LogP contribution is -2.36. The van der Waals surface area contributed by atoms with Gasteiger partial charge in [-0.15, -0.1) is 0 Å². The number of alkyl carbamates (subject to hydrolysis) is 2. The van der Waals surface area contributed by atoms with Gasteiger partial charge < -0.3 is 29.6 Å². The Kier molecular flexibility index (Phi) is 11.4. The molecule has 1 aliphatic carbocycles. The summed E-state index contributed by atoms with van der Waals surface area (Å²) in [5, 5.41) is 4.67. The van der Waals surface area contributed by atoms with Crippen molar-refractivity contribution >= 4 is 24.1 Å². The van der Waals surface area contributed by atoms with E-state index in [-0.39, 0.29) is 51.4 Å². The van der Waals surface area contributed by atoms with Crippen LogP contribution >= 0.6 is 0 Å². The second kappa shape index (κ2) is 13.6. The highest BCUT2D eigenvalue weighted by Gasteiger charge is 2.27. The summed E-state index contributed by atoms with van der Waals surface area (Å²) >= 11 is 0. The van der Waals surface area contributed by atoms with Crippen LogP contribution in [0.25, 0.3) is 0 Å². The molecule has 2 amide bonds. The van der Waals surface area contributed by atoms with Gasteiger partial charge in [-0.25, -0.2) is 9.59 Å². The van der Waals surface area contributed by atoms with E-state index in [9.17, 15) is 19.2 Å². The quantitative estimate of drug-likeness (QED) is 0.414. The van der Waals surface area contributed by atoms with Crippen molar-refractivity contribution in [1.82, 2.24) is 10.6 Å². The molecular formula is C18H30N2O8. The average Bonchev–Trinajstić information content (AvgIpc) is 2.68. The monoisotopic (exact) mass is 402 g/mol. The van der Waals surface area contributed by atoms with Gasteiger partial charge in [-0.1, -0.05) is 12.8 Å². The van der Waals surface area contributed by atoms with Crippen LogP contribution in [0.1, 0.15) is 39.5 Å². The number of hydrogen-bond donors (Lipinski definition) is 2. The number of esters is 2. The Balaban J connectivity index is 2.30. The fourth-order valence-corrected chi connectivity index (χ4v) is 2.90. The summed E-state index contributed by atoms with van der Waals surface area (Å²) < 4.78 is 19.8. The van der Waals surface area contributed by atoms with Crippen LogP contribution in [0.15, 0.2) is 0 Å². The highest BCUT2D eigenvalue weighted by Crippen LogP contribution is 2.30. The van der Waals surface area contributed by atoms with Gasteiger partial charge in [0.2, 0.25) is 0 Å². The highest BCUT2D eigenvalue weighted by atomic mass is 16.6. The van der Waals surface area contributed by atoms with Crippen molar-refractivity contribution < 1.29 is 38.1 Å². The number of rotatable bonds is 10. The molecule has 0 aromatic rings. The highest BCUT2D eigenvalue weighted by molar-refractivity contribution is 5.78. The number of ether oxygens (including phenoxy) is 4. The fourth-order valence-electron chi connectivity index (χ4n) is 2.90. The van der Waals surface area contributed by atoms with Crippen LogP contribution in [0.2, 0.25) is 0 Å². The zero-order chi connectivity index (χ0) is 20.8. The minimum absolute atomic E-state index is 0.0555. The van der Waals surface area contributed by atoms with Gasteiger partial charge >= 0.3 is 24.1 Å². The molecule has 10 heteroatoms. The lowest BCUT2D eigenvalue weighted by atomic mass is 9.80. The van der Waals surface area contributed by atoms with E-state index >= 15 is 0 Å². The smallest absolute Gasteiger partial charge is 0.407 e. The topological polar surface area (TPSA) is 129 Å². The van der Waals surface area contributed by atoms with Crippen LogP contribution in [-0.4, -0.2) is 63.6 Å². The van der Waals surface area contributed by atoms with Crippen molar-refractivity contribution in [3.8, 4) is 0 Å². The fraction of sp³-hybridized carbons (Fsp3) is 0.778. The minimum atomic E-state index is -0.689. The molecule has 0 spiro atoms. The Labute approximate surface area is 164 Å². The van der Waals surface area contributed by atoms with Crippen molar-refractivity contribution in [3.63, 3.8) is 0 Å². The minimum Gasteiger partial charge on any atom is -0.465 e. The Hall–Kier alpha value is -2.52. The first-order chi connectivity index (χ1) is 13.5. The standard InChI is InChI=1S/C18H30N2O8/c1-3-25-15(21)9-19-17(23)27-11-13-7-5-6-8-14(13)12-28-18(24)20-10-16(22)26-4-2/h13-14H,3-12H2,1-2H3,(H,19,23)(H,20,24)/t13-,14-/m0/s1. The van der Waals surface area contributed by atoms with E-state index in [1.54, 1.807) is 13.8 Å². The van der Waals surface area contributed by atoms with E-state index in [1.807, 2.05) is 0 Å². The van der Waals surface area contributed by atoms with Gasteiger partial charge in [0, 0.05) is 0 Å². The number of carbonyl (C=O) groups is 4. The number of carbonyl (C=O) groups excluding carboxylic acids is 4. The second-order valence-electron chi connectivity index (χ2n) is 6.32. The molecule has 10 nitrogen and oxygen atoms in total. The van der Waals surface area contributed by atoms with Gasteiger partial charge in [0.1, 0.15) is 13.1 Å². The van der Waals surface area contributed by atoms with Crippen molar-refractivity contribution in [1.29, 1.82) is 0 Å². The molecule has 0 bridgehead atoms. The Bertz CT molecular complexity index is 480. The molecule has 0 unspecified atom stereocenters. The van der Waals surface area contributed by atoms with Crippen molar-refractivity contribution in [2.75, 3.05) is 39.5 Å². The summed E-state index contributed by atoms with van der Waals surface area (Å²) in [6.45, 7) is 3.70. The third-order valence-corrected chi connectivity index (χ3v) is 4.29. The van der Waals surface area contributed by atoms with Gasteiger partial charge in [0.25, 0.3) is 0 Å². The van der Waals surface area contributed by atoms with Crippen molar-refractivity contribution in [2.24, 2.45) is 11.8 Å². The molecule has 0 radical (unpaired) electrons. The second-order valence-corrected chi connectivity index (χ2v) is 6.32. The van der Waals surface area contributed by atoms with Gasteiger partial charge in [0.05, 0.1) is 26.4 Å². The van der Waals surface area contributed by atoms with E-state index in [0.717, 1.165) is 25.7 Å². The van der Waals surface area contributed by atoms with Gasteiger partial charge in [-0.05, 0) is 38.5 Å². The predicted molar refractivity (Wildman–Crippen MR) is 97.4 cm³/mol. The molecule has 2 atom stereocenters.